The molecule has 2 heterocycles. The lowest BCUT2D eigenvalue weighted by Crippen LogP contribution is -2.47. The van der Waals surface area contributed by atoms with Crippen molar-refractivity contribution in [1.29, 1.82) is 0 Å². The molecule has 1 aromatic heterocycles. The van der Waals surface area contributed by atoms with Crippen LogP contribution < -0.4 is 10.6 Å². The summed E-state index contributed by atoms with van der Waals surface area (Å²) in [6, 6.07) is -0.287. The van der Waals surface area contributed by atoms with Crippen molar-refractivity contribution in [3.8, 4) is 0 Å². The molecule has 1 aromatic rings. The lowest BCUT2D eigenvalue weighted by Gasteiger charge is -2.20. The number of amides is 1. The Bertz CT molecular complexity index is 453. The highest BCUT2D eigenvalue weighted by Gasteiger charge is 2.27. The fourth-order valence-corrected chi connectivity index (χ4v) is 1.60. The topological polar surface area (TPSA) is 89.3 Å². The van der Waals surface area contributed by atoms with Crippen LogP contribution in [0.2, 0.25) is 0 Å². The van der Waals surface area contributed by atoms with Crippen LogP contribution in [-0.4, -0.2) is 48.5 Å². The maximum Gasteiger partial charge on any atom is 0.411 e. The van der Waals surface area contributed by atoms with E-state index in [0.29, 0.717) is 6.54 Å². The third-order valence-corrected chi connectivity index (χ3v) is 2.53. The second-order valence-corrected chi connectivity index (χ2v) is 4.20. The van der Waals surface area contributed by atoms with Gasteiger partial charge in [0.25, 0.3) is 0 Å². The van der Waals surface area contributed by atoms with Gasteiger partial charge in [-0.15, -0.1) is 0 Å². The summed E-state index contributed by atoms with van der Waals surface area (Å²) in [5.74, 6) is 0.429. The van der Waals surface area contributed by atoms with E-state index in [2.05, 4.69) is 25.5 Å². The third-order valence-electron chi connectivity index (χ3n) is 2.53. The molecule has 0 radical (unpaired) electrons. The number of hydrogen-bond acceptors (Lipinski definition) is 6. The van der Waals surface area contributed by atoms with Gasteiger partial charge in [-0.25, -0.2) is 0 Å². The average Bonchev–Trinajstić information content (AvgIpc) is 2.83. The molecule has 10 heteroatoms. The van der Waals surface area contributed by atoms with Crippen molar-refractivity contribution < 1.29 is 27.2 Å². The van der Waals surface area contributed by atoms with Gasteiger partial charge in [-0.3, -0.25) is 10.1 Å². The quantitative estimate of drug-likeness (QED) is 0.740. The molecule has 1 saturated heterocycles. The maximum absolute atomic E-state index is 11.8. The van der Waals surface area contributed by atoms with E-state index in [0.717, 1.165) is 0 Å². The van der Waals surface area contributed by atoms with Crippen molar-refractivity contribution >= 4 is 5.91 Å². The molecule has 0 bridgehead atoms. The van der Waals surface area contributed by atoms with Crippen LogP contribution in [0, 0.1) is 0 Å². The molecule has 1 fully saturated rings. The Kier molecular flexibility index (Phi) is 4.55. The van der Waals surface area contributed by atoms with Crippen LogP contribution in [0.25, 0.3) is 0 Å². The van der Waals surface area contributed by atoms with Crippen LogP contribution in [0.3, 0.4) is 0 Å². The van der Waals surface area contributed by atoms with Gasteiger partial charge in [0.1, 0.15) is 12.6 Å². The van der Waals surface area contributed by atoms with Crippen LogP contribution in [0.1, 0.15) is 17.8 Å². The lowest BCUT2D eigenvalue weighted by atomic mass is 10.2. The molecule has 1 amide bonds. The molecule has 7 nitrogen and oxygen atoms in total. The van der Waals surface area contributed by atoms with Gasteiger partial charge in [0, 0.05) is 13.0 Å². The van der Waals surface area contributed by atoms with E-state index < -0.39 is 12.8 Å². The lowest BCUT2D eigenvalue weighted by molar-refractivity contribution is -0.173. The first kappa shape index (κ1) is 14.7. The van der Waals surface area contributed by atoms with E-state index in [1.165, 1.54) is 0 Å². The van der Waals surface area contributed by atoms with Crippen LogP contribution in [0.5, 0.6) is 0 Å². The summed E-state index contributed by atoms with van der Waals surface area (Å²) in [4.78, 5) is 15.0. The van der Waals surface area contributed by atoms with Gasteiger partial charge in [0.15, 0.2) is 5.82 Å². The molecule has 20 heavy (non-hydrogen) atoms. The number of nitrogens with zero attached hydrogens (tertiary/aromatic N) is 2. The molecule has 0 aromatic carbocycles. The van der Waals surface area contributed by atoms with E-state index in [-0.39, 0.29) is 43.2 Å². The van der Waals surface area contributed by atoms with Crippen molar-refractivity contribution in [2.24, 2.45) is 0 Å². The van der Waals surface area contributed by atoms with Crippen molar-refractivity contribution in [2.45, 2.75) is 18.6 Å². The standard InChI is InChI=1S/C10H13F3N4O3/c11-10(12,13)5-19-2-1-7-16-9(20-17-7)6-3-15-8(18)4-14-6/h6,14H,1-5H2,(H,15,18). The normalized spacial score (nSPS) is 19.9. The van der Waals surface area contributed by atoms with E-state index >= 15 is 0 Å². The summed E-state index contributed by atoms with van der Waals surface area (Å²) in [5, 5.41) is 9.17. The number of rotatable bonds is 5. The fourth-order valence-electron chi connectivity index (χ4n) is 1.60. The zero-order valence-corrected chi connectivity index (χ0v) is 10.4. The predicted octanol–water partition coefficient (Wildman–Crippen LogP) is -0.0485. The maximum atomic E-state index is 11.8. The second kappa shape index (κ2) is 6.18. The minimum Gasteiger partial charge on any atom is -0.372 e. The molecule has 0 aliphatic carbocycles. The van der Waals surface area contributed by atoms with Crippen LogP contribution >= 0.6 is 0 Å². The number of halogens is 3. The predicted molar refractivity (Wildman–Crippen MR) is 58.6 cm³/mol. The highest BCUT2D eigenvalue weighted by molar-refractivity contribution is 5.78. The molecule has 1 aliphatic heterocycles. The van der Waals surface area contributed by atoms with Gasteiger partial charge in [-0.2, -0.15) is 18.2 Å². The molecular weight excluding hydrogens is 281 g/mol. The first-order valence-electron chi connectivity index (χ1n) is 5.91. The summed E-state index contributed by atoms with van der Waals surface area (Å²) in [6.07, 6.45) is -4.22. The zero-order chi connectivity index (χ0) is 14.6. The number of hydrogen-bond donors (Lipinski definition) is 2. The van der Waals surface area contributed by atoms with Crippen molar-refractivity contribution in [2.75, 3.05) is 26.3 Å². The molecule has 0 spiro atoms. The number of ether oxygens (including phenoxy) is 1. The first-order valence-corrected chi connectivity index (χ1v) is 5.91. The van der Waals surface area contributed by atoms with Gasteiger partial charge in [0.2, 0.25) is 11.8 Å². The van der Waals surface area contributed by atoms with Gasteiger partial charge < -0.3 is 14.6 Å². The number of aromatic nitrogens is 2. The minimum absolute atomic E-state index is 0.124. The molecule has 2 N–H and O–H groups in total. The molecule has 2 rings (SSSR count). The van der Waals surface area contributed by atoms with E-state index in [4.69, 9.17) is 4.52 Å². The molecule has 0 saturated carbocycles. The van der Waals surface area contributed by atoms with E-state index in [9.17, 15) is 18.0 Å². The second-order valence-electron chi connectivity index (χ2n) is 4.20. The molecule has 112 valence electrons. The third kappa shape index (κ3) is 4.46. The Labute approximate surface area is 111 Å². The Balaban J connectivity index is 1.76. The Morgan fingerprint density at radius 1 is 1.45 bits per heavy atom. The summed E-state index contributed by atoms with van der Waals surface area (Å²) < 4.78 is 45.0. The summed E-state index contributed by atoms with van der Waals surface area (Å²) in [5.41, 5.74) is 0. The zero-order valence-electron chi connectivity index (χ0n) is 10.4. The largest absolute Gasteiger partial charge is 0.411 e. The Morgan fingerprint density at radius 3 is 2.90 bits per heavy atom. The van der Waals surface area contributed by atoms with Crippen molar-refractivity contribution in [1.82, 2.24) is 20.8 Å². The molecule has 1 aliphatic rings. The SMILES string of the molecule is O=C1CNC(c2nc(CCOCC(F)(F)F)no2)CN1. The number of nitrogens with one attached hydrogen (secondary N) is 2. The van der Waals surface area contributed by atoms with Gasteiger partial charge in [0.05, 0.1) is 13.2 Å². The van der Waals surface area contributed by atoms with Gasteiger partial charge in [-0.1, -0.05) is 5.16 Å². The van der Waals surface area contributed by atoms with Crippen LogP contribution in [0.15, 0.2) is 4.52 Å². The monoisotopic (exact) mass is 294 g/mol. The summed E-state index contributed by atoms with van der Waals surface area (Å²) in [6.45, 7) is -0.969. The summed E-state index contributed by atoms with van der Waals surface area (Å²) >= 11 is 0. The minimum atomic E-state index is -4.34. The fraction of sp³-hybridized carbons (Fsp3) is 0.700. The van der Waals surface area contributed by atoms with Crippen molar-refractivity contribution in [3.63, 3.8) is 0 Å². The number of piperazine rings is 1. The average molecular weight is 294 g/mol. The number of carbonyl (C=O) groups excluding carboxylic acids is 1. The van der Waals surface area contributed by atoms with Gasteiger partial charge in [-0.05, 0) is 0 Å². The van der Waals surface area contributed by atoms with Gasteiger partial charge >= 0.3 is 6.18 Å². The molecular formula is C10H13F3N4O3. The highest BCUT2D eigenvalue weighted by Crippen LogP contribution is 2.15. The van der Waals surface area contributed by atoms with Crippen LogP contribution in [-0.2, 0) is 16.0 Å². The van der Waals surface area contributed by atoms with E-state index in [1.807, 2.05) is 0 Å². The molecule has 1 atom stereocenters. The Morgan fingerprint density at radius 2 is 2.25 bits per heavy atom. The first-order chi connectivity index (χ1) is 9.44. The summed E-state index contributed by atoms with van der Waals surface area (Å²) in [7, 11) is 0. The smallest absolute Gasteiger partial charge is 0.372 e. The highest BCUT2D eigenvalue weighted by atomic mass is 19.4. The molecule has 1 unspecified atom stereocenters. The Hall–Kier alpha value is -1.68. The van der Waals surface area contributed by atoms with Crippen LogP contribution in [0.4, 0.5) is 13.2 Å². The number of alkyl halides is 3. The van der Waals surface area contributed by atoms with Crippen molar-refractivity contribution in [3.05, 3.63) is 11.7 Å². The number of carbonyl (C=O) groups is 1. The van der Waals surface area contributed by atoms with E-state index in [1.54, 1.807) is 0 Å².